The number of rotatable bonds is 78. The van der Waals surface area contributed by atoms with E-state index in [1.165, 1.54) is 218 Å². The largest absolute Gasteiger partial charge is 0.472 e. The van der Waals surface area contributed by atoms with Crippen LogP contribution in [0.1, 0.15) is 415 Å². The summed E-state index contributed by atoms with van der Waals surface area (Å²) in [6.45, 7) is 14.4. The van der Waals surface area contributed by atoms with Gasteiger partial charge in [-0.05, 0) is 49.4 Å². The molecule has 0 aliphatic heterocycles. The molecule has 0 bridgehead atoms. The third kappa shape index (κ3) is 69.1. The number of carbonyl (C=O) groups is 4. The zero-order valence-electron chi connectivity index (χ0n) is 65.8. The number of carbonyl (C=O) groups excluding carboxylic acids is 4. The summed E-state index contributed by atoms with van der Waals surface area (Å²) in [5.41, 5.74) is 0. The number of hydrogen-bond acceptors (Lipinski definition) is 15. The summed E-state index contributed by atoms with van der Waals surface area (Å²) < 4.78 is 68.7. The molecule has 3 N–H and O–H groups in total. The molecule has 100 heavy (non-hydrogen) atoms. The van der Waals surface area contributed by atoms with Gasteiger partial charge in [0.25, 0.3) is 0 Å². The molecular weight excluding hydrogens is 1310 g/mol. The smallest absolute Gasteiger partial charge is 0.462 e. The Hall–Kier alpha value is -1.94. The molecule has 0 aliphatic carbocycles. The molecule has 19 heteroatoms. The van der Waals surface area contributed by atoms with Crippen LogP contribution >= 0.6 is 15.6 Å². The van der Waals surface area contributed by atoms with Gasteiger partial charge >= 0.3 is 39.5 Å². The maximum Gasteiger partial charge on any atom is 0.472 e. The fourth-order valence-electron chi connectivity index (χ4n) is 12.3. The molecular formula is C81H158O17P2. The van der Waals surface area contributed by atoms with Gasteiger partial charge < -0.3 is 33.8 Å². The molecule has 0 aromatic carbocycles. The summed E-state index contributed by atoms with van der Waals surface area (Å²) in [6, 6.07) is 0. The van der Waals surface area contributed by atoms with E-state index >= 15 is 0 Å². The van der Waals surface area contributed by atoms with Crippen molar-refractivity contribution in [2.45, 2.75) is 433 Å². The molecule has 0 aliphatic rings. The molecule has 0 spiro atoms. The lowest BCUT2D eigenvalue weighted by Crippen LogP contribution is -2.30. The van der Waals surface area contributed by atoms with E-state index < -0.39 is 97.5 Å². The van der Waals surface area contributed by atoms with Gasteiger partial charge in [0.05, 0.1) is 26.4 Å². The number of ether oxygens (including phenoxy) is 4. The maximum absolute atomic E-state index is 13.1. The summed E-state index contributed by atoms with van der Waals surface area (Å²) in [6.07, 6.45) is 56.6. The fraction of sp³-hybridized carbons (Fsp3) is 0.951. The highest BCUT2D eigenvalue weighted by atomic mass is 31.2. The standard InChI is InChI=1S/C81H158O17P2/c1-9-71(5)57-49-41-33-25-21-17-13-15-19-23-27-37-45-53-61-78(83)91-67-76(97-80(85)63-55-47-39-28-24-20-16-14-18-22-26-34-42-50-58-72(6)10-2)69-95-99(87,88)93-65-75(82)66-94-100(89,90)96-70-77(98-81(86)64-56-48-40-32-30-36-44-52-60-74(8)12-4)68-92-79(84)62-54-46-38-31-29-35-43-51-59-73(7)11-3/h71-77,82H,9-70H2,1-8H3,(H,87,88)(H,89,90)/t71?,72?,73?,74?,75-,76-,77-/m1/s1. The third-order valence-corrected chi connectivity index (χ3v) is 22.2. The Morgan fingerprint density at radius 2 is 0.450 bits per heavy atom. The molecule has 0 saturated heterocycles. The van der Waals surface area contributed by atoms with Crippen LogP contribution in [0.2, 0.25) is 0 Å². The van der Waals surface area contributed by atoms with E-state index in [-0.39, 0.29) is 25.7 Å². The first kappa shape index (κ1) is 98.1. The SMILES string of the molecule is CCC(C)CCCCCCCCCCCCCCCCC(=O)OC[C@H](COP(=O)(O)OC[C@@H](O)COP(=O)(O)OC[C@@H](COC(=O)CCCCCCCCCCC(C)CC)OC(=O)CCCCCCCCCCC(C)CC)OC(=O)CCCCCCCCCCCCCCCCC(C)CC. The lowest BCUT2D eigenvalue weighted by Gasteiger charge is -2.21. The highest BCUT2D eigenvalue weighted by molar-refractivity contribution is 7.47. The van der Waals surface area contributed by atoms with Crippen molar-refractivity contribution in [3.05, 3.63) is 0 Å². The minimum Gasteiger partial charge on any atom is -0.462 e. The van der Waals surface area contributed by atoms with E-state index in [2.05, 4.69) is 55.4 Å². The van der Waals surface area contributed by atoms with Crippen molar-refractivity contribution in [2.75, 3.05) is 39.6 Å². The Morgan fingerprint density at radius 3 is 0.660 bits per heavy atom. The highest BCUT2D eigenvalue weighted by Crippen LogP contribution is 2.45. The van der Waals surface area contributed by atoms with E-state index in [1.807, 2.05) is 0 Å². The predicted octanol–water partition coefficient (Wildman–Crippen LogP) is 24.0. The zero-order chi connectivity index (χ0) is 73.8. The second-order valence-corrected chi connectivity index (χ2v) is 33.0. The normalized spacial score (nSPS) is 15.1. The first-order valence-corrected chi connectivity index (χ1v) is 44.8. The van der Waals surface area contributed by atoms with Crippen molar-refractivity contribution < 1.29 is 80.2 Å². The van der Waals surface area contributed by atoms with E-state index in [4.69, 9.17) is 37.0 Å². The van der Waals surface area contributed by atoms with Gasteiger partial charge in [-0.1, -0.05) is 364 Å². The van der Waals surface area contributed by atoms with Gasteiger partial charge in [-0.2, -0.15) is 0 Å². The molecule has 0 rings (SSSR count). The molecule has 0 amide bonds. The number of esters is 4. The summed E-state index contributed by atoms with van der Waals surface area (Å²) in [7, 11) is -9.92. The van der Waals surface area contributed by atoms with Crippen molar-refractivity contribution in [1.82, 2.24) is 0 Å². The Kier molecular flexibility index (Phi) is 68.7. The third-order valence-electron chi connectivity index (χ3n) is 20.3. The molecule has 0 aromatic heterocycles. The highest BCUT2D eigenvalue weighted by Gasteiger charge is 2.30. The zero-order valence-corrected chi connectivity index (χ0v) is 67.6. The summed E-state index contributed by atoms with van der Waals surface area (Å²) in [5.74, 6) is 1.13. The van der Waals surface area contributed by atoms with Gasteiger partial charge in [-0.25, -0.2) is 9.13 Å². The molecule has 0 heterocycles. The Bertz CT molecular complexity index is 1960. The van der Waals surface area contributed by atoms with Crippen LogP contribution in [0.25, 0.3) is 0 Å². The van der Waals surface area contributed by atoms with Crippen LogP contribution < -0.4 is 0 Å². The molecule has 9 atom stereocenters. The first-order valence-electron chi connectivity index (χ1n) is 41.9. The van der Waals surface area contributed by atoms with Crippen molar-refractivity contribution in [3.8, 4) is 0 Å². The summed E-state index contributed by atoms with van der Waals surface area (Å²) >= 11 is 0. The fourth-order valence-corrected chi connectivity index (χ4v) is 13.9. The van der Waals surface area contributed by atoms with E-state index in [0.717, 1.165) is 114 Å². The van der Waals surface area contributed by atoms with Gasteiger partial charge in [-0.15, -0.1) is 0 Å². The van der Waals surface area contributed by atoms with Crippen LogP contribution in [0.3, 0.4) is 0 Å². The quantitative estimate of drug-likeness (QED) is 0.0222. The number of phosphoric acid groups is 2. The lowest BCUT2D eigenvalue weighted by molar-refractivity contribution is -0.161. The average Bonchev–Trinajstić information content (AvgIpc) is 0.946. The Morgan fingerprint density at radius 1 is 0.270 bits per heavy atom. The van der Waals surface area contributed by atoms with Crippen molar-refractivity contribution in [2.24, 2.45) is 23.7 Å². The molecule has 6 unspecified atom stereocenters. The van der Waals surface area contributed by atoms with Crippen LogP contribution in [0.15, 0.2) is 0 Å². The average molecular weight is 1470 g/mol. The van der Waals surface area contributed by atoms with Crippen molar-refractivity contribution >= 4 is 39.5 Å². The molecule has 594 valence electrons. The second kappa shape index (κ2) is 70.1. The molecule has 0 fully saturated rings. The van der Waals surface area contributed by atoms with Crippen LogP contribution in [0.5, 0.6) is 0 Å². The molecule has 17 nitrogen and oxygen atoms in total. The molecule has 0 radical (unpaired) electrons. The number of unbranched alkanes of at least 4 members (excludes halogenated alkanes) is 40. The number of hydrogen-bond donors (Lipinski definition) is 3. The second-order valence-electron chi connectivity index (χ2n) is 30.1. The van der Waals surface area contributed by atoms with Gasteiger partial charge in [0.2, 0.25) is 0 Å². The number of aliphatic hydroxyl groups is 1. The van der Waals surface area contributed by atoms with Gasteiger partial charge in [-0.3, -0.25) is 37.3 Å². The topological polar surface area (TPSA) is 237 Å². The predicted molar refractivity (Wildman–Crippen MR) is 409 cm³/mol. The summed E-state index contributed by atoms with van der Waals surface area (Å²) in [4.78, 5) is 73.1. The van der Waals surface area contributed by atoms with Crippen LogP contribution in [0.4, 0.5) is 0 Å². The van der Waals surface area contributed by atoms with E-state index in [0.29, 0.717) is 25.7 Å². The van der Waals surface area contributed by atoms with E-state index in [9.17, 15) is 43.2 Å². The minimum atomic E-state index is -4.96. The Labute approximate surface area is 613 Å². The first-order chi connectivity index (χ1) is 48.2. The van der Waals surface area contributed by atoms with Crippen molar-refractivity contribution in [3.63, 3.8) is 0 Å². The van der Waals surface area contributed by atoms with Crippen LogP contribution in [-0.4, -0.2) is 96.7 Å². The molecule has 0 saturated carbocycles. The lowest BCUT2D eigenvalue weighted by atomic mass is 9.99. The van der Waals surface area contributed by atoms with Gasteiger partial charge in [0.15, 0.2) is 12.2 Å². The van der Waals surface area contributed by atoms with Gasteiger partial charge in [0.1, 0.15) is 19.3 Å². The van der Waals surface area contributed by atoms with E-state index in [1.54, 1.807) is 0 Å². The van der Waals surface area contributed by atoms with Crippen LogP contribution in [-0.2, 0) is 65.4 Å². The number of phosphoric ester groups is 2. The maximum atomic E-state index is 13.1. The molecule has 0 aromatic rings. The van der Waals surface area contributed by atoms with Gasteiger partial charge in [0, 0.05) is 25.7 Å². The van der Waals surface area contributed by atoms with Crippen LogP contribution in [0, 0.1) is 23.7 Å². The Balaban J connectivity index is 5.27. The monoisotopic (exact) mass is 1470 g/mol. The van der Waals surface area contributed by atoms with Crippen molar-refractivity contribution in [1.29, 1.82) is 0 Å². The summed E-state index contributed by atoms with van der Waals surface area (Å²) in [5, 5.41) is 10.6. The number of aliphatic hydroxyl groups excluding tert-OH is 1. The minimum absolute atomic E-state index is 0.104.